The number of nitrogens with two attached hydrogens (primary N) is 1. The molecule has 0 fully saturated rings. The standard InChI is InChI=1S/C15H26N2O3S/c1-13(2)6-8-20-9-7-17-21(18,19)12-15-5-3-4-14(10-15)11-16/h3-5,10,13,17H,6-9,11-12,16H2,1-2H3. The van der Waals surface area contributed by atoms with Gasteiger partial charge in [-0.1, -0.05) is 38.1 Å². The molecule has 1 aromatic carbocycles. The molecule has 0 aliphatic rings. The molecule has 0 bridgehead atoms. The van der Waals surface area contributed by atoms with Gasteiger partial charge in [-0.05, 0) is 23.5 Å². The summed E-state index contributed by atoms with van der Waals surface area (Å²) in [6, 6.07) is 7.31. The van der Waals surface area contributed by atoms with Crippen molar-refractivity contribution in [2.24, 2.45) is 11.7 Å². The molecule has 0 unspecified atom stereocenters. The Bertz CT molecular complexity index is 515. The van der Waals surface area contributed by atoms with Gasteiger partial charge in [0, 0.05) is 19.7 Å². The minimum Gasteiger partial charge on any atom is -0.380 e. The van der Waals surface area contributed by atoms with Crippen LogP contribution < -0.4 is 10.5 Å². The van der Waals surface area contributed by atoms with Crippen LogP contribution in [-0.2, 0) is 27.1 Å². The summed E-state index contributed by atoms with van der Waals surface area (Å²) < 4.78 is 31.8. The van der Waals surface area contributed by atoms with Gasteiger partial charge in [0.05, 0.1) is 12.4 Å². The second kappa shape index (κ2) is 9.15. The van der Waals surface area contributed by atoms with E-state index in [1.165, 1.54) is 0 Å². The fourth-order valence-corrected chi connectivity index (χ4v) is 2.92. The maximum absolute atomic E-state index is 11.9. The molecule has 0 spiro atoms. The molecule has 0 radical (unpaired) electrons. The Morgan fingerprint density at radius 2 is 1.95 bits per heavy atom. The van der Waals surface area contributed by atoms with Gasteiger partial charge in [0.1, 0.15) is 0 Å². The molecule has 0 atom stereocenters. The van der Waals surface area contributed by atoms with Gasteiger partial charge >= 0.3 is 0 Å². The Morgan fingerprint density at radius 3 is 2.62 bits per heavy atom. The molecule has 1 aromatic rings. The first-order valence-electron chi connectivity index (χ1n) is 7.26. The van der Waals surface area contributed by atoms with Gasteiger partial charge in [0.2, 0.25) is 10.0 Å². The predicted molar refractivity (Wildman–Crippen MR) is 85.2 cm³/mol. The second-order valence-corrected chi connectivity index (χ2v) is 7.28. The summed E-state index contributed by atoms with van der Waals surface area (Å²) in [5.74, 6) is 0.559. The Labute approximate surface area is 127 Å². The Balaban J connectivity index is 2.33. The van der Waals surface area contributed by atoms with Crippen LogP contribution in [0, 0.1) is 5.92 Å². The smallest absolute Gasteiger partial charge is 0.215 e. The Kier molecular flexibility index (Phi) is 7.88. The number of sulfonamides is 1. The van der Waals surface area contributed by atoms with Gasteiger partial charge in [-0.2, -0.15) is 0 Å². The van der Waals surface area contributed by atoms with Crippen LogP contribution in [0.1, 0.15) is 31.4 Å². The van der Waals surface area contributed by atoms with E-state index in [1.807, 2.05) is 18.2 Å². The fraction of sp³-hybridized carbons (Fsp3) is 0.600. The molecule has 3 N–H and O–H groups in total. The molecule has 6 heteroatoms. The summed E-state index contributed by atoms with van der Waals surface area (Å²) in [5.41, 5.74) is 7.22. The van der Waals surface area contributed by atoms with Crippen LogP contribution in [0.3, 0.4) is 0 Å². The average Bonchev–Trinajstić information content (AvgIpc) is 2.42. The lowest BCUT2D eigenvalue weighted by molar-refractivity contribution is 0.128. The van der Waals surface area contributed by atoms with E-state index in [1.54, 1.807) is 6.07 Å². The van der Waals surface area contributed by atoms with Crippen molar-refractivity contribution < 1.29 is 13.2 Å². The number of rotatable bonds is 10. The SMILES string of the molecule is CC(C)CCOCCNS(=O)(=O)Cc1cccc(CN)c1. The number of hydrogen-bond donors (Lipinski definition) is 2. The zero-order valence-electron chi connectivity index (χ0n) is 12.8. The van der Waals surface area contributed by atoms with Crippen molar-refractivity contribution in [3.8, 4) is 0 Å². The van der Waals surface area contributed by atoms with Crippen LogP contribution in [0.4, 0.5) is 0 Å². The van der Waals surface area contributed by atoms with E-state index in [0.717, 1.165) is 17.5 Å². The van der Waals surface area contributed by atoms with Crippen molar-refractivity contribution in [3.63, 3.8) is 0 Å². The molecule has 0 aliphatic heterocycles. The van der Waals surface area contributed by atoms with Crippen LogP contribution in [0.25, 0.3) is 0 Å². The zero-order chi connectivity index (χ0) is 15.7. The number of benzene rings is 1. The summed E-state index contributed by atoms with van der Waals surface area (Å²) in [4.78, 5) is 0. The fourth-order valence-electron chi connectivity index (χ4n) is 1.81. The van der Waals surface area contributed by atoms with Gasteiger partial charge in [0.15, 0.2) is 0 Å². The topological polar surface area (TPSA) is 81.4 Å². The van der Waals surface area contributed by atoms with Crippen LogP contribution in [0.5, 0.6) is 0 Å². The molecule has 0 saturated carbocycles. The van der Waals surface area contributed by atoms with E-state index in [-0.39, 0.29) is 5.75 Å². The van der Waals surface area contributed by atoms with Gasteiger partial charge in [0.25, 0.3) is 0 Å². The Morgan fingerprint density at radius 1 is 1.24 bits per heavy atom. The van der Waals surface area contributed by atoms with Crippen molar-refractivity contribution in [1.29, 1.82) is 0 Å². The first-order chi connectivity index (χ1) is 9.93. The number of nitrogens with one attached hydrogen (secondary N) is 1. The highest BCUT2D eigenvalue weighted by Crippen LogP contribution is 2.08. The molecule has 120 valence electrons. The first-order valence-corrected chi connectivity index (χ1v) is 8.91. The predicted octanol–water partition coefficient (Wildman–Crippen LogP) is 1.63. The third-order valence-electron chi connectivity index (χ3n) is 2.99. The molecular weight excluding hydrogens is 288 g/mol. The largest absolute Gasteiger partial charge is 0.380 e. The Hall–Kier alpha value is -0.950. The third kappa shape index (κ3) is 8.16. The molecule has 0 amide bonds. The van der Waals surface area contributed by atoms with Crippen molar-refractivity contribution in [3.05, 3.63) is 35.4 Å². The van der Waals surface area contributed by atoms with Crippen molar-refractivity contribution in [2.45, 2.75) is 32.6 Å². The van der Waals surface area contributed by atoms with Crippen molar-refractivity contribution in [2.75, 3.05) is 19.8 Å². The first kappa shape index (κ1) is 18.1. The van der Waals surface area contributed by atoms with Crippen molar-refractivity contribution in [1.82, 2.24) is 4.72 Å². The minimum absolute atomic E-state index is 0.0349. The van der Waals surface area contributed by atoms with E-state index in [2.05, 4.69) is 18.6 Å². The molecule has 1 rings (SSSR count). The number of hydrogen-bond acceptors (Lipinski definition) is 4. The lowest BCUT2D eigenvalue weighted by Crippen LogP contribution is -2.28. The average molecular weight is 314 g/mol. The van der Waals surface area contributed by atoms with E-state index in [4.69, 9.17) is 10.5 Å². The molecule has 0 aliphatic carbocycles. The highest BCUT2D eigenvalue weighted by Gasteiger charge is 2.11. The lowest BCUT2D eigenvalue weighted by Gasteiger charge is -2.09. The second-order valence-electron chi connectivity index (χ2n) is 5.47. The summed E-state index contributed by atoms with van der Waals surface area (Å²) in [7, 11) is -3.33. The minimum atomic E-state index is -3.33. The molecule has 5 nitrogen and oxygen atoms in total. The lowest BCUT2D eigenvalue weighted by atomic mass is 10.1. The maximum Gasteiger partial charge on any atom is 0.215 e. The summed E-state index contributed by atoms with van der Waals surface area (Å²) >= 11 is 0. The number of ether oxygens (including phenoxy) is 1. The maximum atomic E-state index is 11.9. The van der Waals surface area contributed by atoms with Gasteiger partial charge < -0.3 is 10.5 Å². The third-order valence-corrected chi connectivity index (χ3v) is 4.35. The van der Waals surface area contributed by atoms with Crippen LogP contribution in [0.2, 0.25) is 0 Å². The van der Waals surface area contributed by atoms with Gasteiger partial charge in [-0.25, -0.2) is 13.1 Å². The van der Waals surface area contributed by atoms with Crippen LogP contribution in [0.15, 0.2) is 24.3 Å². The molecular formula is C15H26N2O3S. The van der Waals surface area contributed by atoms with E-state index in [0.29, 0.717) is 32.2 Å². The van der Waals surface area contributed by atoms with Gasteiger partial charge in [-0.3, -0.25) is 0 Å². The molecule has 0 aromatic heterocycles. The molecule has 21 heavy (non-hydrogen) atoms. The van der Waals surface area contributed by atoms with E-state index >= 15 is 0 Å². The normalized spacial score (nSPS) is 12.0. The molecule has 0 saturated heterocycles. The highest BCUT2D eigenvalue weighted by molar-refractivity contribution is 7.88. The van der Waals surface area contributed by atoms with Crippen LogP contribution >= 0.6 is 0 Å². The quantitative estimate of drug-likeness (QED) is 0.643. The van der Waals surface area contributed by atoms with E-state index < -0.39 is 10.0 Å². The highest BCUT2D eigenvalue weighted by atomic mass is 32.2. The summed E-state index contributed by atoms with van der Waals surface area (Å²) in [6.07, 6.45) is 0.985. The monoisotopic (exact) mass is 314 g/mol. The summed E-state index contributed by atoms with van der Waals surface area (Å²) in [6.45, 7) is 6.03. The van der Waals surface area contributed by atoms with Crippen LogP contribution in [-0.4, -0.2) is 28.2 Å². The van der Waals surface area contributed by atoms with Crippen molar-refractivity contribution >= 4 is 10.0 Å². The zero-order valence-corrected chi connectivity index (χ0v) is 13.7. The van der Waals surface area contributed by atoms with E-state index in [9.17, 15) is 8.42 Å². The van der Waals surface area contributed by atoms with Gasteiger partial charge in [-0.15, -0.1) is 0 Å². The molecule has 0 heterocycles. The summed E-state index contributed by atoms with van der Waals surface area (Å²) in [5, 5.41) is 0.